The second kappa shape index (κ2) is 6.35. The maximum absolute atomic E-state index is 11.1. The summed E-state index contributed by atoms with van der Waals surface area (Å²) in [4.78, 5) is 11.1. The first kappa shape index (κ1) is 15.0. The number of rotatable bonds is 4. The summed E-state index contributed by atoms with van der Waals surface area (Å²) in [5, 5.41) is 10.4. The van der Waals surface area contributed by atoms with Gasteiger partial charge in [-0.1, -0.05) is 40.9 Å². The Morgan fingerprint density at radius 3 is 2.35 bits per heavy atom. The SMILES string of the molecule is O=C(O)c1ccc(Cl)cc1OCc1c(Cl)cccc1Cl. The number of halogens is 3. The van der Waals surface area contributed by atoms with Gasteiger partial charge in [-0.3, -0.25) is 0 Å². The van der Waals surface area contributed by atoms with E-state index in [9.17, 15) is 4.79 Å². The second-order valence-corrected chi connectivity index (χ2v) is 5.19. The van der Waals surface area contributed by atoms with Crippen LogP contribution in [0.4, 0.5) is 0 Å². The van der Waals surface area contributed by atoms with Gasteiger partial charge in [-0.2, -0.15) is 0 Å². The van der Waals surface area contributed by atoms with Gasteiger partial charge >= 0.3 is 5.97 Å². The summed E-state index contributed by atoms with van der Waals surface area (Å²) in [5.41, 5.74) is 0.615. The van der Waals surface area contributed by atoms with Crippen LogP contribution in [-0.2, 0) is 6.61 Å². The Kier molecular flexibility index (Phi) is 4.76. The zero-order valence-electron chi connectivity index (χ0n) is 10.1. The quantitative estimate of drug-likeness (QED) is 0.864. The molecule has 3 nitrogen and oxygen atoms in total. The van der Waals surface area contributed by atoms with E-state index in [-0.39, 0.29) is 17.9 Å². The monoisotopic (exact) mass is 330 g/mol. The number of carboxylic acids is 1. The summed E-state index contributed by atoms with van der Waals surface area (Å²) < 4.78 is 5.49. The van der Waals surface area contributed by atoms with Crippen molar-refractivity contribution in [2.45, 2.75) is 6.61 Å². The molecule has 2 aromatic rings. The Balaban J connectivity index is 2.27. The Bertz CT molecular complexity index is 636. The molecule has 20 heavy (non-hydrogen) atoms. The van der Waals surface area contributed by atoms with Gasteiger partial charge in [-0.15, -0.1) is 0 Å². The van der Waals surface area contributed by atoms with Crippen LogP contribution in [0.15, 0.2) is 36.4 Å². The highest BCUT2D eigenvalue weighted by molar-refractivity contribution is 6.36. The van der Waals surface area contributed by atoms with Crippen LogP contribution in [0, 0.1) is 0 Å². The smallest absolute Gasteiger partial charge is 0.339 e. The third kappa shape index (κ3) is 3.37. The van der Waals surface area contributed by atoms with Crippen molar-refractivity contribution < 1.29 is 14.6 Å². The molecule has 0 aliphatic carbocycles. The van der Waals surface area contributed by atoms with Crippen molar-refractivity contribution in [1.29, 1.82) is 0 Å². The predicted octanol–water partition coefficient (Wildman–Crippen LogP) is 4.92. The van der Waals surface area contributed by atoms with Gasteiger partial charge in [0.2, 0.25) is 0 Å². The molecular formula is C14H9Cl3O3. The molecule has 6 heteroatoms. The van der Waals surface area contributed by atoms with E-state index >= 15 is 0 Å². The highest BCUT2D eigenvalue weighted by atomic mass is 35.5. The molecule has 0 aliphatic heterocycles. The third-order valence-corrected chi connectivity index (χ3v) is 3.55. The molecule has 0 aromatic heterocycles. The molecule has 0 aliphatic rings. The zero-order chi connectivity index (χ0) is 14.7. The fourth-order valence-electron chi connectivity index (χ4n) is 1.61. The molecular weight excluding hydrogens is 323 g/mol. The summed E-state index contributed by atoms with van der Waals surface area (Å²) in [5.74, 6) is -0.928. The van der Waals surface area contributed by atoms with Crippen molar-refractivity contribution in [2.75, 3.05) is 0 Å². The van der Waals surface area contributed by atoms with Crippen molar-refractivity contribution in [3.05, 3.63) is 62.6 Å². The largest absolute Gasteiger partial charge is 0.488 e. The maximum atomic E-state index is 11.1. The van der Waals surface area contributed by atoms with Gasteiger partial charge in [0.25, 0.3) is 0 Å². The molecule has 0 saturated carbocycles. The van der Waals surface area contributed by atoms with E-state index in [0.717, 1.165) is 0 Å². The summed E-state index contributed by atoms with van der Waals surface area (Å²) in [6, 6.07) is 9.39. The van der Waals surface area contributed by atoms with Crippen LogP contribution in [0.3, 0.4) is 0 Å². The Morgan fingerprint density at radius 2 is 1.75 bits per heavy atom. The first-order chi connectivity index (χ1) is 9.49. The summed E-state index contributed by atoms with van der Waals surface area (Å²) in [6.45, 7) is 0.0547. The van der Waals surface area contributed by atoms with Gasteiger partial charge in [-0.25, -0.2) is 4.79 Å². The Morgan fingerprint density at radius 1 is 1.10 bits per heavy atom. The minimum atomic E-state index is -1.10. The molecule has 104 valence electrons. The van der Waals surface area contributed by atoms with Crippen molar-refractivity contribution in [3.8, 4) is 5.75 Å². The van der Waals surface area contributed by atoms with Gasteiger partial charge in [0, 0.05) is 20.6 Å². The van der Waals surface area contributed by atoms with Crippen LogP contribution in [0.2, 0.25) is 15.1 Å². The van der Waals surface area contributed by atoms with Gasteiger partial charge < -0.3 is 9.84 Å². The molecule has 0 atom stereocenters. The third-order valence-electron chi connectivity index (χ3n) is 2.61. The minimum Gasteiger partial charge on any atom is -0.488 e. The normalized spacial score (nSPS) is 10.3. The van der Waals surface area contributed by atoms with E-state index in [4.69, 9.17) is 44.6 Å². The average molecular weight is 332 g/mol. The highest BCUT2D eigenvalue weighted by Crippen LogP contribution is 2.28. The zero-order valence-corrected chi connectivity index (χ0v) is 12.3. The summed E-state index contributed by atoms with van der Waals surface area (Å²) >= 11 is 17.9. The van der Waals surface area contributed by atoms with E-state index in [0.29, 0.717) is 20.6 Å². The number of carbonyl (C=O) groups is 1. The van der Waals surface area contributed by atoms with Crippen LogP contribution in [0.5, 0.6) is 5.75 Å². The first-order valence-electron chi connectivity index (χ1n) is 5.57. The lowest BCUT2D eigenvalue weighted by molar-refractivity contribution is 0.0692. The number of hydrogen-bond acceptors (Lipinski definition) is 2. The van der Waals surface area contributed by atoms with Crippen molar-refractivity contribution >= 4 is 40.8 Å². The molecule has 0 amide bonds. The molecule has 1 N–H and O–H groups in total. The molecule has 0 heterocycles. The van der Waals surface area contributed by atoms with E-state index in [1.54, 1.807) is 18.2 Å². The lowest BCUT2D eigenvalue weighted by atomic mass is 10.2. The highest BCUT2D eigenvalue weighted by Gasteiger charge is 2.13. The molecule has 2 aromatic carbocycles. The van der Waals surface area contributed by atoms with Gasteiger partial charge in [0.05, 0.1) is 0 Å². The summed E-state index contributed by atoms with van der Waals surface area (Å²) in [7, 11) is 0. The fourth-order valence-corrected chi connectivity index (χ4v) is 2.28. The number of ether oxygens (including phenoxy) is 1. The fraction of sp³-hybridized carbons (Fsp3) is 0.0714. The lowest BCUT2D eigenvalue weighted by Crippen LogP contribution is -2.04. The number of hydrogen-bond donors (Lipinski definition) is 1. The standard InChI is InChI=1S/C14H9Cl3O3/c15-8-4-5-9(14(18)19)13(6-8)20-7-10-11(16)2-1-3-12(10)17/h1-6H,7H2,(H,18,19). The van der Waals surface area contributed by atoms with Crippen LogP contribution in [-0.4, -0.2) is 11.1 Å². The van der Waals surface area contributed by atoms with Crippen LogP contribution >= 0.6 is 34.8 Å². The number of benzene rings is 2. The number of carboxylic acid groups (broad SMARTS) is 1. The van der Waals surface area contributed by atoms with E-state index in [2.05, 4.69) is 0 Å². The van der Waals surface area contributed by atoms with Crippen molar-refractivity contribution in [2.24, 2.45) is 0 Å². The molecule has 0 radical (unpaired) electrons. The maximum Gasteiger partial charge on any atom is 0.339 e. The molecule has 0 spiro atoms. The lowest BCUT2D eigenvalue weighted by Gasteiger charge is -2.11. The number of aromatic carboxylic acids is 1. The van der Waals surface area contributed by atoms with Crippen LogP contribution in [0.25, 0.3) is 0 Å². The Labute approximate surface area is 130 Å². The van der Waals surface area contributed by atoms with Crippen molar-refractivity contribution in [1.82, 2.24) is 0 Å². The molecule has 0 bridgehead atoms. The topological polar surface area (TPSA) is 46.5 Å². The van der Waals surface area contributed by atoms with Crippen LogP contribution < -0.4 is 4.74 Å². The molecule has 0 unspecified atom stereocenters. The first-order valence-corrected chi connectivity index (χ1v) is 6.71. The molecule has 2 rings (SSSR count). The van der Waals surface area contributed by atoms with Gasteiger partial charge in [0.15, 0.2) is 0 Å². The predicted molar refractivity (Wildman–Crippen MR) is 79.2 cm³/mol. The van der Waals surface area contributed by atoms with Gasteiger partial charge in [0.1, 0.15) is 17.9 Å². The molecule has 0 fully saturated rings. The van der Waals surface area contributed by atoms with E-state index < -0.39 is 5.97 Å². The Hall–Kier alpha value is -1.42. The average Bonchev–Trinajstić information content (AvgIpc) is 2.37. The van der Waals surface area contributed by atoms with E-state index in [1.807, 2.05) is 0 Å². The molecule has 0 saturated heterocycles. The summed E-state index contributed by atoms with van der Waals surface area (Å²) in [6.07, 6.45) is 0. The van der Waals surface area contributed by atoms with Gasteiger partial charge in [-0.05, 0) is 30.3 Å². The second-order valence-electron chi connectivity index (χ2n) is 3.93. The van der Waals surface area contributed by atoms with Crippen LogP contribution in [0.1, 0.15) is 15.9 Å². The minimum absolute atomic E-state index is 0.0255. The van der Waals surface area contributed by atoms with E-state index in [1.165, 1.54) is 18.2 Å². The van der Waals surface area contributed by atoms with Crippen molar-refractivity contribution in [3.63, 3.8) is 0 Å².